The van der Waals surface area contributed by atoms with Gasteiger partial charge >= 0.3 is 61.4 Å². The second-order valence-corrected chi connectivity index (χ2v) is 3.00. The van der Waals surface area contributed by atoms with Crippen LogP contribution in [-0.2, 0) is 0 Å². The van der Waals surface area contributed by atoms with Crippen LogP contribution < -0.4 is 4.46 Å². The van der Waals surface area contributed by atoms with E-state index < -0.39 is 0 Å². The minimum absolute atomic E-state index is 0.791. The van der Waals surface area contributed by atoms with E-state index in [1.807, 2.05) is 24.3 Å². The fraction of sp³-hybridized carbons (Fsp3) is 0. The first-order valence-corrected chi connectivity index (χ1v) is 3.55. The minimum atomic E-state index is 0.791. The number of hydrogen-bond acceptors (Lipinski definition) is 0. The van der Waals surface area contributed by atoms with Gasteiger partial charge in [-0.3, -0.25) is 0 Å². The summed E-state index contributed by atoms with van der Waals surface area (Å²) in [5, 5.41) is 0.791. The first-order valence-electron chi connectivity index (χ1n) is 2.23. The summed E-state index contributed by atoms with van der Waals surface area (Å²) < 4.78 is 1.18. The van der Waals surface area contributed by atoms with Gasteiger partial charge in [-0.25, -0.2) is 0 Å². The van der Waals surface area contributed by atoms with Crippen LogP contribution in [0.15, 0.2) is 24.3 Å². The van der Waals surface area contributed by atoms with Crippen molar-refractivity contribution in [3.63, 3.8) is 0 Å². The van der Waals surface area contributed by atoms with Gasteiger partial charge in [-0.1, -0.05) is 0 Å². The molecule has 0 spiro atoms. The Morgan fingerprint density at radius 3 is 2.00 bits per heavy atom. The molecule has 0 nitrogen and oxygen atoms in total. The summed E-state index contributed by atoms with van der Waals surface area (Å²) in [5.74, 6) is 0. The molecule has 0 fully saturated rings. The SMILES string of the molecule is Clc1ccc([SeH])cc1. The Kier molecular flexibility index (Phi) is 1.95. The van der Waals surface area contributed by atoms with Crippen LogP contribution in [0.5, 0.6) is 0 Å². The van der Waals surface area contributed by atoms with Crippen molar-refractivity contribution in [2.75, 3.05) is 0 Å². The summed E-state index contributed by atoms with van der Waals surface area (Å²) in [6, 6.07) is 7.66. The molecule has 0 saturated heterocycles. The van der Waals surface area contributed by atoms with Crippen molar-refractivity contribution in [3.8, 4) is 0 Å². The van der Waals surface area contributed by atoms with Crippen molar-refractivity contribution in [2.24, 2.45) is 0 Å². The van der Waals surface area contributed by atoms with Crippen LogP contribution in [0.25, 0.3) is 0 Å². The van der Waals surface area contributed by atoms with E-state index in [4.69, 9.17) is 11.6 Å². The Labute approximate surface area is 61.7 Å². The number of hydrogen-bond donors (Lipinski definition) is 0. The predicted octanol–water partition coefficient (Wildman–Crippen LogP) is 0.866. The van der Waals surface area contributed by atoms with E-state index in [1.54, 1.807) is 0 Å². The summed E-state index contributed by atoms with van der Waals surface area (Å²) in [6.07, 6.45) is 0. The molecule has 0 aliphatic rings. The van der Waals surface area contributed by atoms with Gasteiger partial charge in [-0.05, 0) is 0 Å². The van der Waals surface area contributed by atoms with Gasteiger partial charge < -0.3 is 0 Å². The zero-order chi connectivity index (χ0) is 5.98. The standard InChI is InChI=1S/C6H5ClSe/c7-5-1-3-6(8)4-2-5/h1-4,8H. The Bertz CT molecular complexity index is 147. The molecule has 0 aromatic heterocycles. The van der Waals surface area contributed by atoms with E-state index in [0.717, 1.165) is 5.02 Å². The molecule has 0 aliphatic heterocycles. The second-order valence-electron chi connectivity index (χ2n) is 1.48. The van der Waals surface area contributed by atoms with Crippen LogP contribution >= 0.6 is 11.6 Å². The molecule has 1 aromatic carbocycles. The van der Waals surface area contributed by atoms with Gasteiger partial charge in [0, 0.05) is 0 Å². The van der Waals surface area contributed by atoms with Crippen LogP contribution in [0.1, 0.15) is 0 Å². The second kappa shape index (κ2) is 2.54. The molecule has 0 radical (unpaired) electrons. The molecule has 8 heavy (non-hydrogen) atoms. The normalized spacial score (nSPS) is 9.25. The molecule has 0 aliphatic carbocycles. The Hall–Kier alpha value is 0.0295. The van der Waals surface area contributed by atoms with Gasteiger partial charge in [0.25, 0.3) is 0 Å². The van der Waals surface area contributed by atoms with E-state index in [-0.39, 0.29) is 0 Å². The third kappa shape index (κ3) is 1.52. The number of rotatable bonds is 0. The first kappa shape index (κ1) is 6.15. The summed E-state index contributed by atoms with van der Waals surface area (Å²) in [4.78, 5) is 0. The van der Waals surface area contributed by atoms with Crippen molar-refractivity contribution in [3.05, 3.63) is 29.3 Å². The molecular weight excluding hydrogens is 186 g/mol. The van der Waals surface area contributed by atoms with Crippen LogP contribution in [0.2, 0.25) is 5.02 Å². The molecule has 0 N–H and O–H groups in total. The van der Waals surface area contributed by atoms with Crippen molar-refractivity contribution in [2.45, 2.75) is 0 Å². The summed E-state index contributed by atoms with van der Waals surface area (Å²) in [7, 11) is 0. The van der Waals surface area contributed by atoms with E-state index in [0.29, 0.717) is 0 Å². The molecule has 0 atom stereocenters. The average molecular weight is 192 g/mol. The number of benzene rings is 1. The van der Waals surface area contributed by atoms with Gasteiger partial charge in [0.15, 0.2) is 0 Å². The summed E-state index contributed by atoms with van der Waals surface area (Å²) in [6.45, 7) is 0. The maximum atomic E-state index is 5.60. The Morgan fingerprint density at radius 1 is 1.12 bits per heavy atom. The zero-order valence-corrected chi connectivity index (χ0v) is 6.77. The third-order valence-corrected chi connectivity index (χ3v) is 1.70. The van der Waals surface area contributed by atoms with E-state index in [9.17, 15) is 0 Å². The van der Waals surface area contributed by atoms with Gasteiger partial charge in [0.2, 0.25) is 0 Å². The Balaban J connectivity index is 3.03. The molecule has 0 bridgehead atoms. The van der Waals surface area contributed by atoms with Gasteiger partial charge in [-0.2, -0.15) is 0 Å². The third-order valence-electron chi connectivity index (χ3n) is 0.827. The van der Waals surface area contributed by atoms with E-state index in [1.165, 1.54) is 4.46 Å². The van der Waals surface area contributed by atoms with Gasteiger partial charge in [0.1, 0.15) is 0 Å². The molecular formula is C6H5ClSe. The summed E-state index contributed by atoms with van der Waals surface area (Å²) in [5.41, 5.74) is 0. The Morgan fingerprint density at radius 2 is 1.62 bits per heavy atom. The zero-order valence-electron chi connectivity index (χ0n) is 4.13. The predicted molar refractivity (Wildman–Crippen MR) is 38.2 cm³/mol. The van der Waals surface area contributed by atoms with E-state index >= 15 is 0 Å². The van der Waals surface area contributed by atoms with Crippen molar-refractivity contribution in [1.29, 1.82) is 0 Å². The quantitative estimate of drug-likeness (QED) is 0.534. The van der Waals surface area contributed by atoms with E-state index in [2.05, 4.69) is 16.0 Å². The molecule has 42 valence electrons. The molecule has 0 heterocycles. The monoisotopic (exact) mass is 192 g/mol. The van der Waals surface area contributed by atoms with Gasteiger partial charge in [-0.15, -0.1) is 0 Å². The van der Waals surface area contributed by atoms with Crippen molar-refractivity contribution in [1.82, 2.24) is 0 Å². The van der Waals surface area contributed by atoms with Crippen LogP contribution in [-0.4, -0.2) is 16.0 Å². The first-order chi connectivity index (χ1) is 3.79. The van der Waals surface area contributed by atoms with Crippen LogP contribution in [0.4, 0.5) is 0 Å². The average Bonchev–Trinajstić information content (AvgIpc) is 1.77. The van der Waals surface area contributed by atoms with Crippen LogP contribution in [0, 0.1) is 0 Å². The molecule has 1 aromatic rings. The topological polar surface area (TPSA) is 0 Å². The van der Waals surface area contributed by atoms with Crippen molar-refractivity contribution >= 4 is 32.1 Å². The maximum absolute atomic E-state index is 5.60. The molecule has 0 unspecified atom stereocenters. The number of halogens is 1. The summed E-state index contributed by atoms with van der Waals surface area (Å²) >= 11 is 8.06. The molecule has 0 amide bonds. The molecule has 1 rings (SSSR count). The van der Waals surface area contributed by atoms with Gasteiger partial charge in [0.05, 0.1) is 0 Å². The fourth-order valence-corrected chi connectivity index (χ4v) is 0.880. The fourth-order valence-electron chi connectivity index (χ4n) is 0.441. The van der Waals surface area contributed by atoms with Crippen LogP contribution in [0.3, 0.4) is 0 Å². The molecule has 0 saturated carbocycles. The van der Waals surface area contributed by atoms with Crippen molar-refractivity contribution < 1.29 is 0 Å². The molecule has 2 heteroatoms.